The van der Waals surface area contributed by atoms with E-state index in [1.165, 1.54) is 25.4 Å². The van der Waals surface area contributed by atoms with Crippen molar-refractivity contribution >= 4 is 41.0 Å². The molecule has 53 heavy (non-hydrogen) atoms. The Hall–Kier alpha value is -3.84. The number of piperidine rings is 3. The molecule has 3 amide bonds. The minimum absolute atomic E-state index is 0.0114. The summed E-state index contributed by atoms with van der Waals surface area (Å²) < 4.78 is 10.7. The van der Waals surface area contributed by atoms with Crippen LogP contribution in [0, 0.1) is 23.7 Å². The highest BCUT2D eigenvalue weighted by Gasteiger charge is 2.44. The molecule has 290 valence electrons. The molecule has 4 fully saturated rings. The highest BCUT2D eigenvalue weighted by atomic mass is 32.1. The van der Waals surface area contributed by atoms with Gasteiger partial charge in [0.15, 0.2) is 6.10 Å². The quantitative estimate of drug-likeness (QED) is 0.203. The molecule has 1 saturated carbocycles. The Morgan fingerprint density at radius 2 is 1.70 bits per heavy atom. The van der Waals surface area contributed by atoms with Crippen molar-refractivity contribution in [2.75, 3.05) is 27.2 Å². The minimum atomic E-state index is -0.797. The summed E-state index contributed by atoms with van der Waals surface area (Å²) in [6.45, 7) is 9.01. The van der Waals surface area contributed by atoms with E-state index in [0.717, 1.165) is 50.8 Å². The molecule has 12 nitrogen and oxygen atoms in total. The third-order valence-corrected chi connectivity index (χ3v) is 12.2. The first-order chi connectivity index (χ1) is 25.3. The van der Waals surface area contributed by atoms with E-state index in [4.69, 9.17) is 9.47 Å². The molecule has 13 heteroatoms. The lowest BCUT2D eigenvalue weighted by atomic mass is 9.83. The number of nitrogens with one attached hydrogen (secondary N) is 2. The number of ether oxygens (including phenoxy) is 2. The van der Waals surface area contributed by atoms with Crippen molar-refractivity contribution in [1.82, 2.24) is 25.4 Å². The highest BCUT2D eigenvalue weighted by molar-refractivity contribution is 7.09. The molecule has 4 aliphatic rings. The maximum Gasteiger partial charge on any atom is 0.308 e. The third kappa shape index (κ3) is 10.9. The number of carbonyl (C=O) groups is 5. The van der Waals surface area contributed by atoms with Crippen LogP contribution in [-0.4, -0.2) is 95.9 Å². The van der Waals surface area contributed by atoms with Crippen molar-refractivity contribution in [3.05, 3.63) is 52.0 Å². The maximum atomic E-state index is 14.2. The lowest BCUT2D eigenvalue weighted by Crippen LogP contribution is -2.59. The molecule has 0 radical (unpaired) electrons. The Bertz CT molecular complexity index is 1570. The van der Waals surface area contributed by atoms with Crippen LogP contribution < -0.4 is 10.6 Å². The summed E-state index contributed by atoms with van der Waals surface area (Å²) in [5.74, 6) is -1.16. The van der Waals surface area contributed by atoms with Gasteiger partial charge in [0, 0.05) is 37.9 Å². The summed E-state index contributed by atoms with van der Waals surface area (Å²) >= 11 is 1.22. The number of nitrogens with zero attached hydrogens (tertiary/aromatic N) is 3. The molecule has 0 unspecified atom stereocenters. The second-order valence-electron chi connectivity index (χ2n) is 15.6. The van der Waals surface area contributed by atoms with Crippen molar-refractivity contribution in [2.45, 2.75) is 116 Å². The molecule has 1 aromatic heterocycles. The SMILES string of the molecule is COC(=O)[C@@H](C)C[C@H](CCc1ccccc1)NC(=O)c1csc([C@@H](C[C@H](C(C)C)N(C)C(=O)[C@@H](NC(=O)[C@H]2CC3CCN2CC3)C2CC2)OC(C)=O)n1. The number of aromatic nitrogens is 1. The van der Waals surface area contributed by atoms with E-state index in [2.05, 4.69) is 20.5 Å². The first-order valence-corrected chi connectivity index (χ1v) is 20.1. The summed E-state index contributed by atoms with van der Waals surface area (Å²) in [5.41, 5.74) is 1.31. The molecule has 6 atom stereocenters. The Balaban J connectivity index is 1.27. The van der Waals surface area contributed by atoms with E-state index in [9.17, 15) is 24.0 Å². The molecule has 1 aromatic carbocycles. The normalized spacial score (nSPS) is 22.2. The van der Waals surface area contributed by atoms with Crippen LogP contribution in [0.2, 0.25) is 0 Å². The van der Waals surface area contributed by atoms with Crippen LogP contribution in [0.25, 0.3) is 0 Å². The van der Waals surface area contributed by atoms with Gasteiger partial charge < -0.3 is 25.0 Å². The van der Waals surface area contributed by atoms with Gasteiger partial charge in [-0.3, -0.25) is 28.9 Å². The zero-order chi connectivity index (χ0) is 38.2. The second-order valence-corrected chi connectivity index (χ2v) is 16.5. The lowest BCUT2D eigenvalue weighted by Gasteiger charge is -2.45. The third-order valence-electron chi connectivity index (χ3n) is 11.2. The van der Waals surface area contributed by atoms with Crippen LogP contribution in [-0.2, 0) is 35.1 Å². The average Bonchev–Trinajstić information content (AvgIpc) is 3.88. The molecule has 0 spiro atoms. The minimum Gasteiger partial charge on any atom is -0.469 e. The van der Waals surface area contributed by atoms with Gasteiger partial charge in [-0.1, -0.05) is 51.1 Å². The van der Waals surface area contributed by atoms with Crippen LogP contribution in [0.4, 0.5) is 0 Å². The lowest BCUT2D eigenvalue weighted by molar-refractivity contribution is -0.149. The molecule has 1 aliphatic carbocycles. The zero-order valence-corrected chi connectivity index (χ0v) is 32.9. The van der Waals surface area contributed by atoms with Crippen LogP contribution in [0.3, 0.4) is 0 Å². The van der Waals surface area contributed by atoms with Crippen molar-refractivity contribution in [3.8, 4) is 0 Å². The van der Waals surface area contributed by atoms with E-state index in [1.54, 1.807) is 24.3 Å². The largest absolute Gasteiger partial charge is 0.469 e. The molecule has 3 saturated heterocycles. The monoisotopic (exact) mass is 751 g/mol. The fourth-order valence-corrected chi connectivity index (χ4v) is 8.77. The Kier molecular flexibility index (Phi) is 14.1. The van der Waals surface area contributed by atoms with Gasteiger partial charge in [0.25, 0.3) is 5.91 Å². The van der Waals surface area contributed by atoms with Crippen LogP contribution in [0.5, 0.6) is 0 Å². The smallest absolute Gasteiger partial charge is 0.308 e. The maximum absolute atomic E-state index is 14.2. The van der Waals surface area contributed by atoms with Gasteiger partial charge in [-0.05, 0) is 87.8 Å². The van der Waals surface area contributed by atoms with Crippen molar-refractivity contribution in [2.24, 2.45) is 23.7 Å². The Morgan fingerprint density at radius 3 is 2.28 bits per heavy atom. The number of hydrogen-bond donors (Lipinski definition) is 2. The standard InChI is InChI=1S/C40H57N5O7S/c1-24(2)32(44(5)39(49)35(29-13-14-29)43-37(48)33-21-28-16-18-45(33)19-17-28)22-34(52-26(4)46)38-42-31(23-53-38)36(47)41-30(20-25(3)40(50)51-6)15-12-27-10-8-7-9-11-27/h7-11,23-25,28-30,32-35H,12-22H2,1-6H3,(H,41,47)(H,43,48)/t25-,30-,32+,33+,34+,35-/m0/s1. The number of hydrogen-bond acceptors (Lipinski definition) is 10. The summed E-state index contributed by atoms with van der Waals surface area (Å²) in [6, 6.07) is 8.50. The predicted octanol–water partition coefficient (Wildman–Crippen LogP) is 4.93. The van der Waals surface area contributed by atoms with Gasteiger partial charge in [-0.25, -0.2) is 4.98 Å². The van der Waals surface area contributed by atoms with E-state index in [1.807, 2.05) is 44.2 Å². The number of methoxy groups -OCH3 is 1. The van der Waals surface area contributed by atoms with E-state index >= 15 is 0 Å². The number of thiazole rings is 1. The van der Waals surface area contributed by atoms with E-state index < -0.39 is 24.0 Å². The van der Waals surface area contributed by atoms with Crippen molar-refractivity contribution in [3.63, 3.8) is 0 Å². The van der Waals surface area contributed by atoms with E-state index in [0.29, 0.717) is 30.2 Å². The van der Waals surface area contributed by atoms with Gasteiger partial charge in [0.1, 0.15) is 16.7 Å². The molecule has 6 rings (SSSR count). The topological polar surface area (TPSA) is 147 Å². The van der Waals surface area contributed by atoms with E-state index in [-0.39, 0.29) is 65.8 Å². The summed E-state index contributed by atoms with van der Waals surface area (Å²) in [7, 11) is 3.12. The number of fused-ring (bicyclic) bond motifs is 3. The van der Waals surface area contributed by atoms with Crippen molar-refractivity contribution in [1.29, 1.82) is 0 Å². The number of benzene rings is 1. The zero-order valence-electron chi connectivity index (χ0n) is 32.0. The van der Waals surface area contributed by atoms with Gasteiger partial charge in [-0.15, -0.1) is 11.3 Å². The molecular formula is C40H57N5O7S. The average molecular weight is 752 g/mol. The summed E-state index contributed by atoms with van der Waals surface area (Å²) in [4.78, 5) is 74.5. The summed E-state index contributed by atoms with van der Waals surface area (Å²) in [6.07, 6.45) is 6.10. The van der Waals surface area contributed by atoms with Gasteiger partial charge in [0.2, 0.25) is 11.8 Å². The number of esters is 2. The van der Waals surface area contributed by atoms with Crippen molar-refractivity contribution < 1.29 is 33.4 Å². The van der Waals surface area contributed by atoms with Gasteiger partial charge in [-0.2, -0.15) is 0 Å². The first kappa shape index (κ1) is 40.3. The fourth-order valence-electron chi connectivity index (χ4n) is 7.94. The molecule has 2 bridgehead atoms. The Morgan fingerprint density at radius 1 is 1.00 bits per heavy atom. The number of rotatable bonds is 18. The predicted molar refractivity (Wildman–Crippen MR) is 202 cm³/mol. The molecule has 3 aliphatic heterocycles. The number of aryl methyl sites for hydroxylation is 1. The van der Waals surface area contributed by atoms with Crippen LogP contribution in [0.15, 0.2) is 35.7 Å². The van der Waals surface area contributed by atoms with Gasteiger partial charge >= 0.3 is 11.9 Å². The molecule has 2 aromatic rings. The van der Waals surface area contributed by atoms with Gasteiger partial charge in [0.05, 0.1) is 19.1 Å². The number of likely N-dealkylation sites (N-methyl/N-ethyl adjacent to an activating group) is 1. The number of carbonyl (C=O) groups excluding carboxylic acids is 5. The van der Waals surface area contributed by atoms with Crippen LogP contribution >= 0.6 is 11.3 Å². The first-order valence-electron chi connectivity index (χ1n) is 19.2. The molecule has 4 heterocycles. The highest BCUT2D eigenvalue weighted by Crippen LogP contribution is 2.37. The summed E-state index contributed by atoms with van der Waals surface area (Å²) in [5, 5.41) is 8.33. The second kappa shape index (κ2) is 18.5. The van der Waals surface area contributed by atoms with Crippen LogP contribution in [0.1, 0.15) is 106 Å². The molecule has 2 N–H and O–H groups in total. The number of amides is 3. The molecular weight excluding hydrogens is 695 g/mol. The fraction of sp³-hybridized carbons (Fsp3) is 0.650. The Labute approximate surface area is 317 Å².